The molecule has 32 heavy (non-hydrogen) atoms. The molecule has 0 bridgehead atoms. The third-order valence-corrected chi connectivity index (χ3v) is 6.01. The van der Waals surface area contributed by atoms with Crippen LogP contribution in [0.2, 0.25) is 0 Å². The first-order valence-electron chi connectivity index (χ1n) is 10.8. The minimum absolute atomic E-state index is 0.0923. The number of nitrogens with zero attached hydrogens (tertiary/aromatic N) is 4. The van der Waals surface area contributed by atoms with E-state index in [0.717, 1.165) is 46.2 Å². The second kappa shape index (κ2) is 10.1. The average Bonchev–Trinajstić information content (AvgIpc) is 3.08. The zero-order chi connectivity index (χ0) is 22.5. The number of carbonyl (C=O) groups excluding carboxylic acids is 1. The third kappa shape index (κ3) is 5.24. The lowest BCUT2D eigenvalue weighted by molar-refractivity contribution is -0.121. The van der Waals surface area contributed by atoms with E-state index in [1.807, 2.05) is 38.1 Å². The summed E-state index contributed by atoms with van der Waals surface area (Å²) in [6.45, 7) is 4.49. The van der Waals surface area contributed by atoms with E-state index in [2.05, 4.69) is 20.1 Å². The molecule has 0 aliphatic heterocycles. The Labute approximate surface area is 190 Å². The van der Waals surface area contributed by atoms with E-state index in [1.165, 1.54) is 12.1 Å². The lowest BCUT2D eigenvalue weighted by Crippen LogP contribution is -2.29. The fourth-order valence-corrected chi connectivity index (χ4v) is 4.41. The van der Waals surface area contributed by atoms with Crippen LogP contribution in [0.25, 0.3) is 22.1 Å². The van der Waals surface area contributed by atoms with Crippen molar-refractivity contribution in [3.8, 4) is 0 Å². The normalized spacial score (nSPS) is 11.5. The Morgan fingerprint density at radius 2 is 1.88 bits per heavy atom. The Balaban J connectivity index is 1.50. The first-order valence-corrected chi connectivity index (χ1v) is 11.8. The van der Waals surface area contributed by atoms with Gasteiger partial charge in [0.2, 0.25) is 11.1 Å². The van der Waals surface area contributed by atoms with E-state index < -0.39 is 0 Å². The zero-order valence-electron chi connectivity index (χ0n) is 18.2. The van der Waals surface area contributed by atoms with Gasteiger partial charge in [0.05, 0.1) is 5.52 Å². The SMILES string of the molecule is CC(C)NC(=O)CCCCSc1nnc2c3ccccc3n(Cc3ccc(F)cc3)c2n1. The van der Waals surface area contributed by atoms with Crippen molar-refractivity contribution in [3.63, 3.8) is 0 Å². The molecule has 2 aromatic carbocycles. The molecule has 4 rings (SSSR count). The highest BCUT2D eigenvalue weighted by Crippen LogP contribution is 2.28. The van der Waals surface area contributed by atoms with Crippen molar-refractivity contribution < 1.29 is 9.18 Å². The fraction of sp³-hybridized carbons (Fsp3) is 0.333. The highest BCUT2D eigenvalue weighted by atomic mass is 32.2. The highest BCUT2D eigenvalue weighted by molar-refractivity contribution is 7.99. The van der Waals surface area contributed by atoms with Gasteiger partial charge in [0.15, 0.2) is 5.65 Å². The van der Waals surface area contributed by atoms with Crippen LogP contribution in [0.4, 0.5) is 4.39 Å². The fourth-order valence-electron chi connectivity index (χ4n) is 3.63. The van der Waals surface area contributed by atoms with Gasteiger partial charge in [-0.15, -0.1) is 10.2 Å². The number of amides is 1. The minimum Gasteiger partial charge on any atom is -0.354 e. The molecule has 166 valence electrons. The summed E-state index contributed by atoms with van der Waals surface area (Å²) in [5, 5.41) is 13.3. The summed E-state index contributed by atoms with van der Waals surface area (Å²) in [5.41, 5.74) is 3.54. The van der Waals surface area contributed by atoms with Gasteiger partial charge in [-0.1, -0.05) is 42.1 Å². The number of fused-ring (bicyclic) bond motifs is 3. The van der Waals surface area contributed by atoms with Crippen LogP contribution in [-0.4, -0.2) is 37.5 Å². The topological polar surface area (TPSA) is 72.7 Å². The van der Waals surface area contributed by atoms with Crippen molar-refractivity contribution >= 4 is 39.7 Å². The maximum Gasteiger partial charge on any atom is 0.220 e. The number of nitrogens with one attached hydrogen (secondary N) is 1. The lowest BCUT2D eigenvalue weighted by atomic mass is 10.2. The molecule has 0 saturated heterocycles. The number of unbranched alkanes of at least 4 members (excludes halogenated alkanes) is 1. The molecule has 0 spiro atoms. The summed E-state index contributed by atoms with van der Waals surface area (Å²) < 4.78 is 15.4. The Bertz CT molecular complexity index is 1220. The number of thioether (sulfide) groups is 1. The van der Waals surface area contributed by atoms with Crippen LogP contribution in [0, 0.1) is 5.82 Å². The predicted molar refractivity (Wildman–Crippen MR) is 126 cm³/mol. The van der Waals surface area contributed by atoms with E-state index in [1.54, 1.807) is 23.9 Å². The summed E-state index contributed by atoms with van der Waals surface area (Å²) in [7, 11) is 0. The summed E-state index contributed by atoms with van der Waals surface area (Å²) in [4.78, 5) is 16.5. The molecule has 0 fully saturated rings. The van der Waals surface area contributed by atoms with E-state index in [-0.39, 0.29) is 17.8 Å². The predicted octanol–water partition coefficient (Wildman–Crippen LogP) is 4.95. The zero-order valence-corrected chi connectivity index (χ0v) is 19.0. The van der Waals surface area contributed by atoms with Crippen LogP contribution in [0.15, 0.2) is 53.7 Å². The molecule has 2 heterocycles. The Morgan fingerprint density at radius 3 is 2.66 bits per heavy atom. The Kier molecular flexibility index (Phi) is 6.99. The number of carbonyl (C=O) groups is 1. The molecule has 0 saturated carbocycles. The summed E-state index contributed by atoms with van der Waals surface area (Å²) in [6.07, 6.45) is 2.25. The average molecular weight is 452 g/mol. The largest absolute Gasteiger partial charge is 0.354 e. The van der Waals surface area contributed by atoms with Gasteiger partial charge in [-0.05, 0) is 50.5 Å². The summed E-state index contributed by atoms with van der Waals surface area (Å²) in [5.74, 6) is 0.662. The van der Waals surface area contributed by atoms with Gasteiger partial charge in [0, 0.05) is 30.1 Å². The molecule has 4 aromatic rings. The maximum absolute atomic E-state index is 13.3. The number of para-hydroxylation sites is 1. The third-order valence-electron chi connectivity index (χ3n) is 5.09. The van der Waals surface area contributed by atoms with Gasteiger partial charge in [-0.2, -0.15) is 0 Å². The van der Waals surface area contributed by atoms with Crippen LogP contribution in [0.1, 0.15) is 38.7 Å². The van der Waals surface area contributed by atoms with Crippen molar-refractivity contribution in [2.75, 3.05) is 5.75 Å². The van der Waals surface area contributed by atoms with Crippen LogP contribution in [0.3, 0.4) is 0 Å². The Morgan fingerprint density at radius 1 is 1.09 bits per heavy atom. The quantitative estimate of drug-likeness (QED) is 0.288. The second-order valence-electron chi connectivity index (χ2n) is 8.02. The van der Waals surface area contributed by atoms with E-state index in [9.17, 15) is 9.18 Å². The molecular formula is C24H26FN5OS. The first-order chi connectivity index (χ1) is 15.5. The molecule has 1 amide bonds. The van der Waals surface area contributed by atoms with Crippen LogP contribution >= 0.6 is 11.8 Å². The van der Waals surface area contributed by atoms with Crippen molar-refractivity contribution in [1.29, 1.82) is 0 Å². The van der Waals surface area contributed by atoms with Gasteiger partial charge in [-0.25, -0.2) is 9.37 Å². The number of halogens is 1. The minimum atomic E-state index is -0.250. The lowest BCUT2D eigenvalue weighted by Gasteiger charge is -2.08. The Hall–Kier alpha value is -3.00. The molecule has 0 aliphatic rings. The number of rotatable bonds is 9. The first kappa shape index (κ1) is 22.2. The van der Waals surface area contributed by atoms with Gasteiger partial charge >= 0.3 is 0 Å². The molecule has 8 heteroatoms. The molecule has 0 atom stereocenters. The molecular weight excluding hydrogens is 425 g/mol. The van der Waals surface area contributed by atoms with E-state index >= 15 is 0 Å². The summed E-state index contributed by atoms with van der Waals surface area (Å²) >= 11 is 1.55. The van der Waals surface area contributed by atoms with Gasteiger partial charge in [0.25, 0.3) is 0 Å². The van der Waals surface area contributed by atoms with Crippen LogP contribution in [-0.2, 0) is 11.3 Å². The molecule has 2 aromatic heterocycles. The molecule has 0 aliphatic carbocycles. The van der Waals surface area contributed by atoms with Crippen molar-refractivity contribution in [2.45, 2.75) is 50.9 Å². The van der Waals surface area contributed by atoms with Gasteiger partial charge in [0.1, 0.15) is 11.3 Å². The van der Waals surface area contributed by atoms with Crippen molar-refractivity contribution in [2.24, 2.45) is 0 Å². The highest BCUT2D eigenvalue weighted by Gasteiger charge is 2.15. The van der Waals surface area contributed by atoms with Crippen molar-refractivity contribution in [3.05, 3.63) is 59.9 Å². The number of aromatic nitrogens is 4. The standard InChI is InChI=1S/C24H26FN5OS/c1-16(2)26-21(31)9-5-6-14-32-24-27-23-22(28-29-24)19-7-3-4-8-20(19)30(23)15-17-10-12-18(25)13-11-17/h3-4,7-8,10-13,16H,5-6,9,14-15H2,1-2H3,(H,26,31). The smallest absolute Gasteiger partial charge is 0.220 e. The molecule has 1 N–H and O–H groups in total. The van der Waals surface area contributed by atoms with Crippen molar-refractivity contribution in [1.82, 2.24) is 25.1 Å². The van der Waals surface area contributed by atoms with E-state index in [4.69, 9.17) is 4.98 Å². The number of hydrogen-bond acceptors (Lipinski definition) is 5. The van der Waals surface area contributed by atoms with Crippen LogP contribution in [0.5, 0.6) is 0 Å². The summed E-state index contributed by atoms with van der Waals surface area (Å²) in [6, 6.07) is 14.7. The van der Waals surface area contributed by atoms with E-state index in [0.29, 0.717) is 18.1 Å². The van der Waals surface area contributed by atoms with Gasteiger partial charge in [-0.3, -0.25) is 4.79 Å². The van der Waals surface area contributed by atoms with Crippen LogP contribution < -0.4 is 5.32 Å². The molecule has 6 nitrogen and oxygen atoms in total. The number of hydrogen-bond donors (Lipinski definition) is 1. The monoisotopic (exact) mass is 451 g/mol. The molecule has 0 unspecified atom stereocenters. The van der Waals surface area contributed by atoms with Gasteiger partial charge < -0.3 is 9.88 Å². The second-order valence-corrected chi connectivity index (χ2v) is 9.09. The maximum atomic E-state index is 13.3. The number of benzene rings is 2. The molecule has 0 radical (unpaired) electrons.